The maximum absolute atomic E-state index is 12.4. The fraction of sp³-hybridized carbons (Fsp3) is 0.238. The van der Waals surface area contributed by atoms with Crippen LogP contribution in [0.3, 0.4) is 0 Å². The number of benzene rings is 1. The van der Waals surface area contributed by atoms with Crippen molar-refractivity contribution in [2.45, 2.75) is 0 Å². The first-order chi connectivity index (χ1) is 14.2. The molecule has 1 aliphatic rings. The number of anilines is 1. The maximum Gasteiger partial charge on any atom is 0.338 e. The summed E-state index contributed by atoms with van der Waals surface area (Å²) in [7, 11) is 0. The van der Waals surface area contributed by atoms with Gasteiger partial charge in [-0.1, -0.05) is 0 Å². The third kappa shape index (κ3) is 4.43. The number of esters is 1. The Kier molecular flexibility index (Phi) is 5.51. The molecule has 0 radical (unpaired) electrons. The lowest BCUT2D eigenvalue weighted by Crippen LogP contribution is -2.50. The molecule has 1 fully saturated rings. The summed E-state index contributed by atoms with van der Waals surface area (Å²) >= 11 is 0. The van der Waals surface area contributed by atoms with Gasteiger partial charge < -0.3 is 19.1 Å². The number of ether oxygens (including phenoxy) is 1. The molecule has 1 aliphatic heterocycles. The monoisotopic (exact) mass is 391 g/mol. The second-order valence-corrected chi connectivity index (χ2v) is 6.63. The van der Waals surface area contributed by atoms with Gasteiger partial charge in [0.05, 0.1) is 5.56 Å². The van der Waals surface area contributed by atoms with Crippen LogP contribution < -0.4 is 4.90 Å². The minimum absolute atomic E-state index is 0.198. The van der Waals surface area contributed by atoms with E-state index in [1.165, 1.54) is 0 Å². The molecular weight excluding hydrogens is 370 g/mol. The summed E-state index contributed by atoms with van der Waals surface area (Å²) in [5, 5.41) is 0. The van der Waals surface area contributed by atoms with Gasteiger partial charge in [0.1, 0.15) is 0 Å². The van der Waals surface area contributed by atoms with Gasteiger partial charge in [-0.3, -0.25) is 4.79 Å². The van der Waals surface area contributed by atoms with E-state index in [1.54, 1.807) is 35.5 Å². The van der Waals surface area contributed by atoms with E-state index in [0.29, 0.717) is 37.7 Å². The van der Waals surface area contributed by atoms with Crippen LogP contribution in [0.5, 0.6) is 0 Å². The van der Waals surface area contributed by atoms with Crippen molar-refractivity contribution in [3.8, 4) is 5.69 Å². The molecule has 0 unspecified atom stereocenters. The zero-order chi connectivity index (χ0) is 20.1. The minimum Gasteiger partial charge on any atom is -0.452 e. The number of hydrogen-bond acceptors (Lipinski definition) is 6. The van der Waals surface area contributed by atoms with E-state index < -0.39 is 5.97 Å². The number of aromatic nitrogens is 3. The Balaban J connectivity index is 1.26. The summed E-state index contributed by atoms with van der Waals surface area (Å²) in [6.45, 7) is 2.11. The highest BCUT2D eigenvalue weighted by Crippen LogP contribution is 2.12. The first kappa shape index (κ1) is 18.7. The largest absolute Gasteiger partial charge is 0.452 e. The molecule has 1 aromatic carbocycles. The lowest BCUT2D eigenvalue weighted by atomic mass is 10.2. The van der Waals surface area contributed by atoms with E-state index >= 15 is 0 Å². The van der Waals surface area contributed by atoms with Crippen LogP contribution in [0.4, 0.5) is 5.95 Å². The summed E-state index contributed by atoms with van der Waals surface area (Å²) in [5.74, 6) is -0.0425. The van der Waals surface area contributed by atoms with Crippen molar-refractivity contribution in [2.75, 3.05) is 37.7 Å². The standard InChI is InChI=1S/C21H21N5O3/c27-19(25-12-14-26(15-13-25)21-22-8-3-9-23-21)16-29-20(28)17-4-6-18(7-5-17)24-10-1-2-11-24/h1-11H,12-16H2. The van der Waals surface area contributed by atoms with Gasteiger partial charge in [0, 0.05) is 56.7 Å². The minimum atomic E-state index is -0.506. The predicted octanol–water partition coefficient (Wildman–Crippen LogP) is 1.77. The molecule has 4 rings (SSSR count). The summed E-state index contributed by atoms with van der Waals surface area (Å²) < 4.78 is 7.15. The number of hydrogen-bond donors (Lipinski definition) is 0. The van der Waals surface area contributed by atoms with Crippen molar-refractivity contribution in [3.63, 3.8) is 0 Å². The van der Waals surface area contributed by atoms with Gasteiger partial charge in [-0.05, 0) is 42.5 Å². The molecule has 148 valence electrons. The Hall–Kier alpha value is -3.68. The van der Waals surface area contributed by atoms with Crippen LogP contribution in [0.15, 0.2) is 67.3 Å². The number of piperazine rings is 1. The van der Waals surface area contributed by atoms with Crippen LogP contribution in [0.25, 0.3) is 5.69 Å². The van der Waals surface area contributed by atoms with E-state index in [9.17, 15) is 9.59 Å². The molecule has 3 heterocycles. The van der Waals surface area contributed by atoms with E-state index in [1.807, 2.05) is 46.1 Å². The Labute approximate surface area is 168 Å². The van der Waals surface area contributed by atoms with Gasteiger partial charge in [-0.15, -0.1) is 0 Å². The SMILES string of the molecule is O=C(OCC(=O)N1CCN(c2ncccn2)CC1)c1ccc(-n2cccc2)cc1. The molecule has 0 bridgehead atoms. The van der Waals surface area contributed by atoms with Gasteiger partial charge in [0.25, 0.3) is 5.91 Å². The van der Waals surface area contributed by atoms with E-state index in [2.05, 4.69) is 9.97 Å². The predicted molar refractivity (Wildman–Crippen MR) is 107 cm³/mol. The average Bonchev–Trinajstić information content (AvgIpc) is 3.33. The molecule has 0 spiro atoms. The van der Waals surface area contributed by atoms with Gasteiger partial charge in [0.15, 0.2) is 6.61 Å². The Bertz CT molecular complexity index is 950. The smallest absolute Gasteiger partial charge is 0.338 e. The molecule has 8 nitrogen and oxygen atoms in total. The number of nitrogens with zero attached hydrogens (tertiary/aromatic N) is 5. The molecule has 2 aromatic heterocycles. The number of carbonyl (C=O) groups excluding carboxylic acids is 2. The van der Waals surface area contributed by atoms with Gasteiger partial charge in [0.2, 0.25) is 5.95 Å². The average molecular weight is 391 g/mol. The molecule has 29 heavy (non-hydrogen) atoms. The molecular formula is C21H21N5O3. The topological polar surface area (TPSA) is 80.6 Å². The van der Waals surface area contributed by atoms with Crippen LogP contribution in [0.2, 0.25) is 0 Å². The van der Waals surface area contributed by atoms with Crippen molar-refractivity contribution < 1.29 is 14.3 Å². The Morgan fingerprint density at radius 3 is 2.21 bits per heavy atom. The fourth-order valence-corrected chi connectivity index (χ4v) is 3.19. The van der Waals surface area contributed by atoms with Crippen LogP contribution in [-0.4, -0.2) is 64.1 Å². The Morgan fingerprint density at radius 1 is 0.897 bits per heavy atom. The third-order valence-corrected chi connectivity index (χ3v) is 4.80. The van der Waals surface area contributed by atoms with Crippen molar-refractivity contribution in [1.29, 1.82) is 0 Å². The normalized spacial score (nSPS) is 13.9. The zero-order valence-corrected chi connectivity index (χ0v) is 15.8. The third-order valence-electron chi connectivity index (χ3n) is 4.80. The van der Waals surface area contributed by atoms with Crippen LogP contribution in [0, 0.1) is 0 Å². The second kappa shape index (κ2) is 8.55. The number of amides is 1. The first-order valence-electron chi connectivity index (χ1n) is 9.41. The molecule has 3 aromatic rings. The van der Waals surface area contributed by atoms with Crippen LogP contribution >= 0.6 is 0 Å². The Morgan fingerprint density at radius 2 is 1.55 bits per heavy atom. The fourth-order valence-electron chi connectivity index (χ4n) is 3.19. The summed E-state index contributed by atoms with van der Waals surface area (Å²) in [6.07, 6.45) is 7.25. The van der Waals surface area contributed by atoms with E-state index in [-0.39, 0.29) is 12.5 Å². The van der Waals surface area contributed by atoms with Crippen molar-refractivity contribution in [2.24, 2.45) is 0 Å². The zero-order valence-electron chi connectivity index (χ0n) is 15.8. The molecule has 8 heteroatoms. The molecule has 0 atom stereocenters. The summed E-state index contributed by atoms with van der Waals surface area (Å²) in [5.41, 5.74) is 1.36. The van der Waals surface area contributed by atoms with Crippen LogP contribution in [0.1, 0.15) is 10.4 Å². The van der Waals surface area contributed by atoms with Crippen molar-refractivity contribution >= 4 is 17.8 Å². The number of rotatable bonds is 5. The van der Waals surface area contributed by atoms with Gasteiger partial charge in [-0.2, -0.15) is 0 Å². The molecule has 0 N–H and O–H groups in total. The van der Waals surface area contributed by atoms with E-state index in [4.69, 9.17) is 4.74 Å². The highest BCUT2D eigenvalue weighted by atomic mass is 16.5. The second-order valence-electron chi connectivity index (χ2n) is 6.63. The van der Waals surface area contributed by atoms with Crippen molar-refractivity contribution in [3.05, 3.63) is 72.8 Å². The summed E-state index contributed by atoms with van der Waals surface area (Å²) in [4.78, 5) is 36.8. The molecule has 1 saturated heterocycles. The van der Waals surface area contributed by atoms with Gasteiger partial charge in [-0.25, -0.2) is 14.8 Å². The maximum atomic E-state index is 12.4. The molecule has 1 amide bonds. The molecule has 0 saturated carbocycles. The lowest BCUT2D eigenvalue weighted by molar-refractivity contribution is -0.134. The quantitative estimate of drug-likeness (QED) is 0.617. The van der Waals surface area contributed by atoms with Gasteiger partial charge >= 0.3 is 5.97 Å². The molecule has 0 aliphatic carbocycles. The number of carbonyl (C=O) groups is 2. The highest BCUT2D eigenvalue weighted by Gasteiger charge is 2.23. The highest BCUT2D eigenvalue weighted by molar-refractivity contribution is 5.91. The van der Waals surface area contributed by atoms with E-state index in [0.717, 1.165) is 5.69 Å². The van der Waals surface area contributed by atoms with Crippen LogP contribution in [-0.2, 0) is 9.53 Å². The summed E-state index contributed by atoms with van der Waals surface area (Å²) in [6, 6.07) is 12.7. The van der Waals surface area contributed by atoms with Crippen molar-refractivity contribution in [1.82, 2.24) is 19.4 Å². The first-order valence-corrected chi connectivity index (χ1v) is 9.41. The lowest BCUT2D eigenvalue weighted by Gasteiger charge is -2.34.